The molecule has 11 heteroatoms. The number of ketones is 1. The monoisotopic (exact) mass is 514 g/mol. The summed E-state index contributed by atoms with van der Waals surface area (Å²) in [6, 6.07) is 5.44. The van der Waals surface area contributed by atoms with Gasteiger partial charge in [0.25, 0.3) is 5.91 Å². The molecule has 2 unspecified atom stereocenters. The molecule has 2 bridgehead atoms. The number of pyridine rings is 1. The van der Waals surface area contributed by atoms with Crippen molar-refractivity contribution in [1.82, 2.24) is 34.7 Å². The molecule has 0 saturated carbocycles. The van der Waals surface area contributed by atoms with E-state index in [-0.39, 0.29) is 35.5 Å². The SMILES string of the molecule is CC(=O)c1c(C2CC3CCC(C2)N3C(=O)c2ccn[nH]2)nc2c(-c3ccc(C(C)(C)O)nc3)cnn2c1N. The molecule has 4 N–H and O–H groups in total. The fraction of sp³-hybridized carbons (Fsp3) is 0.407. The van der Waals surface area contributed by atoms with Crippen molar-refractivity contribution in [2.75, 3.05) is 5.73 Å². The first-order valence-electron chi connectivity index (χ1n) is 12.8. The van der Waals surface area contributed by atoms with Gasteiger partial charge in [0, 0.05) is 41.5 Å². The van der Waals surface area contributed by atoms with Crippen LogP contribution in [0.15, 0.2) is 36.8 Å². The normalized spacial score (nSPS) is 21.3. The zero-order valence-electron chi connectivity index (χ0n) is 21.5. The van der Waals surface area contributed by atoms with Crippen LogP contribution in [0.5, 0.6) is 0 Å². The van der Waals surface area contributed by atoms with Gasteiger partial charge in [-0.3, -0.25) is 19.7 Å². The third-order valence-corrected chi connectivity index (χ3v) is 7.85. The largest absolute Gasteiger partial charge is 0.384 e. The number of carbonyl (C=O) groups excluding carboxylic acids is 2. The van der Waals surface area contributed by atoms with Crippen LogP contribution in [0.3, 0.4) is 0 Å². The Morgan fingerprint density at radius 3 is 2.45 bits per heavy atom. The minimum absolute atomic E-state index is 0.0250. The fourth-order valence-corrected chi connectivity index (χ4v) is 6.05. The van der Waals surface area contributed by atoms with Crippen molar-refractivity contribution < 1.29 is 14.7 Å². The van der Waals surface area contributed by atoms with Crippen LogP contribution in [0.4, 0.5) is 5.82 Å². The van der Waals surface area contributed by atoms with Crippen LogP contribution in [-0.4, -0.2) is 63.6 Å². The Balaban J connectivity index is 1.39. The number of carbonyl (C=O) groups is 2. The maximum Gasteiger partial charge on any atom is 0.272 e. The smallest absolute Gasteiger partial charge is 0.272 e. The van der Waals surface area contributed by atoms with E-state index in [9.17, 15) is 14.7 Å². The third kappa shape index (κ3) is 3.85. The average Bonchev–Trinajstić information content (AvgIpc) is 3.61. The van der Waals surface area contributed by atoms with Gasteiger partial charge in [0.05, 0.1) is 23.1 Å². The molecule has 2 aliphatic rings. The first kappa shape index (κ1) is 24.2. The first-order valence-corrected chi connectivity index (χ1v) is 12.8. The number of H-pyrrole nitrogens is 1. The molecule has 2 aliphatic heterocycles. The number of anilines is 1. The highest BCUT2D eigenvalue weighted by molar-refractivity contribution is 6.00. The average molecular weight is 515 g/mol. The molecule has 4 aromatic heterocycles. The summed E-state index contributed by atoms with van der Waals surface area (Å²) in [5.74, 6) is 0.0304. The summed E-state index contributed by atoms with van der Waals surface area (Å²) in [6.45, 7) is 4.87. The second-order valence-electron chi connectivity index (χ2n) is 10.8. The van der Waals surface area contributed by atoms with Gasteiger partial charge in [-0.2, -0.15) is 14.7 Å². The number of nitrogens with one attached hydrogen (secondary N) is 1. The van der Waals surface area contributed by atoms with Gasteiger partial charge in [-0.05, 0) is 58.6 Å². The number of nitrogens with zero attached hydrogens (tertiary/aromatic N) is 6. The Morgan fingerprint density at radius 2 is 1.87 bits per heavy atom. The van der Waals surface area contributed by atoms with E-state index < -0.39 is 5.60 Å². The summed E-state index contributed by atoms with van der Waals surface area (Å²) >= 11 is 0. The molecule has 2 saturated heterocycles. The number of aliphatic hydroxyl groups is 1. The topological polar surface area (TPSA) is 155 Å². The lowest BCUT2D eigenvalue weighted by atomic mass is 9.85. The maximum absolute atomic E-state index is 13.2. The number of hydrogen-bond donors (Lipinski definition) is 3. The van der Waals surface area contributed by atoms with Crippen molar-refractivity contribution in [1.29, 1.82) is 0 Å². The van der Waals surface area contributed by atoms with Crippen molar-refractivity contribution in [2.24, 2.45) is 0 Å². The Hall–Kier alpha value is -4.12. The van der Waals surface area contributed by atoms with E-state index in [1.54, 1.807) is 44.6 Å². The number of nitrogens with two attached hydrogens (primary N) is 1. The van der Waals surface area contributed by atoms with E-state index in [1.165, 1.54) is 11.4 Å². The third-order valence-electron chi connectivity index (χ3n) is 7.85. The number of rotatable bonds is 5. The summed E-state index contributed by atoms with van der Waals surface area (Å²) in [4.78, 5) is 37.4. The number of fused-ring (bicyclic) bond motifs is 3. The predicted octanol–water partition coefficient (Wildman–Crippen LogP) is 3.08. The standard InChI is InChI=1S/C27H30N8O3/c1-14(36)22-23(16-10-17-5-6-18(11-16)34(17)26(37)20-8-9-30-33-20)32-25-19(13-31-35(25)24(22)28)15-4-7-21(29-12-15)27(2,3)38/h4,7-9,12-13,16-18,38H,5-6,10-11,28H2,1-3H3,(H,30,33). The van der Waals surface area contributed by atoms with Crippen molar-refractivity contribution in [2.45, 2.75) is 70.1 Å². The van der Waals surface area contributed by atoms with Crippen LogP contribution in [0.2, 0.25) is 0 Å². The van der Waals surface area contributed by atoms with Crippen molar-refractivity contribution in [3.63, 3.8) is 0 Å². The molecular formula is C27H30N8O3. The van der Waals surface area contributed by atoms with E-state index in [1.807, 2.05) is 11.0 Å². The highest BCUT2D eigenvalue weighted by atomic mass is 16.3. The number of aromatic amines is 1. The zero-order chi connectivity index (χ0) is 26.8. The quantitative estimate of drug-likeness (QED) is 0.343. The van der Waals surface area contributed by atoms with Gasteiger partial charge in [-0.1, -0.05) is 6.07 Å². The van der Waals surface area contributed by atoms with Gasteiger partial charge in [-0.25, -0.2) is 4.98 Å². The second-order valence-corrected chi connectivity index (χ2v) is 10.8. The number of Topliss-reactive ketones (excluding diaryl/α,β-unsaturated/α-hetero) is 1. The minimum Gasteiger partial charge on any atom is -0.384 e. The summed E-state index contributed by atoms with van der Waals surface area (Å²) in [7, 11) is 0. The second kappa shape index (κ2) is 8.73. The van der Waals surface area contributed by atoms with Gasteiger partial charge in [0.1, 0.15) is 17.1 Å². The summed E-state index contributed by atoms with van der Waals surface area (Å²) < 4.78 is 1.50. The molecule has 6 rings (SSSR count). The summed E-state index contributed by atoms with van der Waals surface area (Å²) in [5.41, 5.74) is 9.63. The van der Waals surface area contributed by atoms with Crippen molar-refractivity contribution in [3.05, 3.63) is 59.4 Å². The van der Waals surface area contributed by atoms with E-state index >= 15 is 0 Å². The van der Waals surface area contributed by atoms with Crippen LogP contribution in [0.1, 0.15) is 84.6 Å². The van der Waals surface area contributed by atoms with Crippen molar-refractivity contribution in [3.8, 4) is 11.1 Å². The van der Waals surface area contributed by atoms with Gasteiger partial charge in [-0.15, -0.1) is 0 Å². The molecule has 0 aliphatic carbocycles. The van der Waals surface area contributed by atoms with Gasteiger partial charge < -0.3 is 15.7 Å². The van der Waals surface area contributed by atoms with Gasteiger partial charge in [0.15, 0.2) is 11.4 Å². The lowest BCUT2D eigenvalue weighted by molar-refractivity contribution is 0.0562. The molecule has 1 amide bonds. The molecule has 11 nitrogen and oxygen atoms in total. The number of hydrogen-bond acceptors (Lipinski definition) is 8. The Morgan fingerprint density at radius 1 is 1.13 bits per heavy atom. The van der Waals surface area contributed by atoms with E-state index in [0.717, 1.165) is 24.0 Å². The number of piperidine rings is 1. The molecular weight excluding hydrogens is 484 g/mol. The molecule has 2 atom stereocenters. The van der Waals surface area contributed by atoms with Gasteiger partial charge in [0.2, 0.25) is 0 Å². The number of aromatic nitrogens is 6. The van der Waals surface area contributed by atoms with Crippen molar-refractivity contribution >= 4 is 23.2 Å². The maximum atomic E-state index is 13.2. The number of nitrogen functional groups attached to an aromatic ring is 1. The summed E-state index contributed by atoms with van der Waals surface area (Å²) in [5, 5.41) is 21.4. The zero-order valence-corrected chi connectivity index (χ0v) is 21.5. The van der Waals surface area contributed by atoms with Crippen LogP contribution >= 0.6 is 0 Å². The van der Waals surface area contributed by atoms with Crippen LogP contribution in [0.25, 0.3) is 16.8 Å². The Labute approximate surface area is 219 Å². The first-order chi connectivity index (χ1) is 18.1. The summed E-state index contributed by atoms with van der Waals surface area (Å²) in [6.07, 6.45) is 8.15. The van der Waals surface area contributed by atoms with Crippen LogP contribution in [0, 0.1) is 0 Å². The molecule has 196 valence electrons. The molecule has 6 heterocycles. The highest BCUT2D eigenvalue weighted by Crippen LogP contribution is 2.45. The fourth-order valence-electron chi connectivity index (χ4n) is 6.05. The minimum atomic E-state index is -1.06. The highest BCUT2D eigenvalue weighted by Gasteiger charge is 2.45. The van der Waals surface area contributed by atoms with Crippen LogP contribution in [-0.2, 0) is 5.60 Å². The Bertz CT molecular complexity index is 1520. The van der Waals surface area contributed by atoms with Gasteiger partial charge >= 0.3 is 0 Å². The molecule has 38 heavy (non-hydrogen) atoms. The predicted molar refractivity (Wildman–Crippen MR) is 139 cm³/mol. The molecule has 0 aromatic carbocycles. The lowest BCUT2D eigenvalue weighted by Crippen LogP contribution is -2.46. The molecule has 4 aromatic rings. The molecule has 0 spiro atoms. The van der Waals surface area contributed by atoms with E-state index in [0.29, 0.717) is 41.1 Å². The van der Waals surface area contributed by atoms with Crippen LogP contribution < -0.4 is 5.73 Å². The number of amides is 1. The lowest BCUT2D eigenvalue weighted by Gasteiger charge is -2.39. The molecule has 0 radical (unpaired) electrons. The Kier molecular flexibility index (Phi) is 5.56. The molecule has 2 fully saturated rings. The van der Waals surface area contributed by atoms with E-state index in [4.69, 9.17) is 10.7 Å². The van der Waals surface area contributed by atoms with E-state index in [2.05, 4.69) is 20.3 Å².